The molecule has 1 unspecified atom stereocenters. The van der Waals surface area contributed by atoms with Crippen molar-refractivity contribution in [1.29, 1.82) is 0 Å². The van der Waals surface area contributed by atoms with Crippen molar-refractivity contribution >= 4 is 23.7 Å². The molecule has 1 aromatic heterocycles. The van der Waals surface area contributed by atoms with E-state index in [2.05, 4.69) is 5.32 Å². The average Bonchev–Trinajstić information content (AvgIpc) is 2.76. The predicted octanol–water partition coefficient (Wildman–Crippen LogP) is 1.52. The van der Waals surface area contributed by atoms with Crippen LogP contribution in [0.3, 0.4) is 0 Å². The Labute approximate surface area is 105 Å². The molecule has 2 N–H and O–H groups in total. The Morgan fingerprint density at radius 2 is 2.47 bits per heavy atom. The highest BCUT2D eigenvalue weighted by Crippen LogP contribution is 2.09. The minimum Gasteiger partial charge on any atom is -0.472 e. The molecule has 0 saturated carbocycles. The molecule has 0 aliphatic carbocycles. The molecule has 0 aromatic carbocycles. The van der Waals surface area contributed by atoms with Gasteiger partial charge in [0.2, 0.25) is 5.91 Å². The van der Waals surface area contributed by atoms with E-state index in [-0.39, 0.29) is 12.5 Å². The van der Waals surface area contributed by atoms with Crippen LogP contribution in [0.25, 0.3) is 6.08 Å². The lowest BCUT2D eigenvalue weighted by molar-refractivity contribution is -0.117. The van der Waals surface area contributed by atoms with Crippen molar-refractivity contribution in [2.75, 3.05) is 18.6 Å². The van der Waals surface area contributed by atoms with Crippen LogP contribution < -0.4 is 5.32 Å². The molecule has 17 heavy (non-hydrogen) atoms. The van der Waals surface area contributed by atoms with Crippen LogP contribution in [-0.4, -0.2) is 35.2 Å². The number of nitrogens with one attached hydrogen (secondary N) is 1. The molecular formula is C12H17NO3S. The summed E-state index contributed by atoms with van der Waals surface area (Å²) in [6.45, 7) is 1.94. The van der Waals surface area contributed by atoms with E-state index in [1.807, 2.05) is 6.26 Å². The maximum atomic E-state index is 11.4. The summed E-state index contributed by atoms with van der Waals surface area (Å²) in [5.41, 5.74) is -0.0468. The van der Waals surface area contributed by atoms with E-state index in [4.69, 9.17) is 4.42 Å². The Hall–Kier alpha value is -1.20. The van der Waals surface area contributed by atoms with Crippen LogP contribution in [0.1, 0.15) is 12.5 Å². The lowest BCUT2D eigenvalue weighted by atomic mass is 10.1. The minimum atomic E-state index is -0.876. The zero-order valence-electron chi connectivity index (χ0n) is 9.97. The van der Waals surface area contributed by atoms with Gasteiger partial charge in [-0.25, -0.2) is 0 Å². The summed E-state index contributed by atoms with van der Waals surface area (Å²) in [4.78, 5) is 11.4. The Morgan fingerprint density at radius 1 is 1.71 bits per heavy atom. The van der Waals surface area contributed by atoms with Crippen molar-refractivity contribution in [2.24, 2.45) is 0 Å². The fourth-order valence-electron chi connectivity index (χ4n) is 1.24. The van der Waals surface area contributed by atoms with E-state index < -0.39 is 5.60 Å². The number of rotatable bonds is 6. The second-order valence-electron chi connectivity index (χ2n) is 4.04. The topological polar surface area (TPSA) is 62.5 Å². The van der Waals surface area contributed by atoms with Gasteiger partial charge >= 0.3 is 0 Å². The first-order chi connectivity index (χ1) is 8.03. The van der Waals surface area contributed by atoms with Crippen LogP contribution in [0.15, 0.2) is 29.1 Å². The summed E-state index contributed by atoms with van der Waals surface area (Å²) in [5.74, 6) is 0.353. The molecule has 0 spiro atoms. The van der Waals surface area contributed by atoms with Gasteiger partial charge < -0.3 is 14.8 Å². The smallest absolute Gasteiger partial charge is 0.244 e. The Balaban J connectivity index is 2.35. The molecule has 0 fully saturated rings. The second kappa shape index (κ2) is 6.51. The SMILES string of the molecule is CSCC(C)(O)CNC(=O)/C=C/c1ccoc1. The number of aliphatic hydroxyl groups is 1. The van der Waals surface area contributed by atoms with Crippen molar-refractivity contribution in [3.63, 3.8) is 0 Å². The summed E-state index contributed by atoms with van der Waals surface area (Å²) in [6.07, 6.45) is 8.08. The van der Waals surface area contributed by atoms with Crippen molar-refractivity contribution in [3.8, 4) is 0 Å². The lowest BCUT2D eigenvalue weighted by Crippen LogP contribution is -2.41. The van der Waals surface area contributed by atoms with Crippen LogP contribution in [0, 0.1) is 0 Å². The highest BCUT2D eigenvalue weighted by atomic mass is 32.2. The molecule has 0 bridgehead atoms. The van der Waals surface area contributed by atoms with Crippen molar-refractivity contribution in [1.82, 2.24) is 5.32 Å². The number of carbonyl (C=O) groups is 1. The third-order valence-electron chi connectivity index (χ3n) is 2.07. The first-order valence-electron chi connectivity index (χ1n) is 5.23. The zero-order valence-corrected chi connectivity index (χ0v) is 10.8. The fraction of sp³-hybridized carbons (Fsp3) is 0.417. The molecular weight excluding hydrogens is 238 g/mol. The molecule has 5 heteroatoms. The van der Waals surface area contributed by atoms with Crippen molar-refractivity contribution in [2.45, 2.75) is 12.5 Å². The van der Waals surface area contributed by atoms with Crippen LogP contribution >= 0.6 is 11.8 Å². The third kappa shape index (κ3) is 5.60. The van der Waals surface area contributed by atoms with Gasteiger partial charge in [-0.15, -0.1) is 0 Å². The Bertz CT molecular complexity index is 371. The zero-order chi connectivity index (χ0) is 12.7. The summed E-state index contributed by atoms with van der Waals surface area (Å²) < 4.78 is 4.87. The van der Waals surface area contributed by atoms with Gasteiger partial charge in [-0.3, -0.25) is 4.79 Å². The lowest BCUT2D eigenvalue weighted by Gasteiger charge is -2.21. The summed E-state index contributed by atoms with van der Waals surface area (Å²) in [6, 6.07) is 1.76. The molecule has 1 amide bonds. The molecule has 0 saturated heterocycles. The van der Waals surface area contributed by atoms with Gasteiger partial charge in [0.15, 0.2) is 0 Å². The second-order valence-corrected chi connectivity index (χ2v) is 4.90. The van der Waals surface area contributed by atoms with Gasteiger partial charge in [0.25, 0.3) is 0 Å². The van der Waals surface area contributed by atoms with E-state index >= 15 is 0 Å². The first kappa shape index (κ1) is 13.9. The number of furan rings is 1. The number of amides is 1. The number of thioether (sulfide) groups is 1. The van der Waals surface area contributed by atoms with Gasteiger partial charge in [-0.05, 0) is 25.3 Å². The molecule has 94 valence electrons. The summed E-state index contributed by atoms with van der Waals surface area (Å²) >= 11 is 1.54. The van der Waals surface area contributed by atoms with Crippen LogP contribution in [-0.2, 0) is 4.79 Å². The van der Waals surface area contributed by atoms with Crippen molar-refractivity contribution < 1.29 is 14.3 Å². The minimum absolute atomic E-state index is 0.229. The van der Waals surface area contributed by atoms with Gasteiger partial charge in [0, 0.05) is 23.9 Å². The van der Waals surface area contributed by atoms with Gasteiger partial charge in [0.05, 0.1) is 18.1 Å². The standard InChI is InChI=1S/C12H17NO3S/c1-12(15,9-17-2)8-13-11(14)4-3-10-5-6-16-7-10/h3-7,15H,8-9H2,1-2H3,(H,13,14)/b4-3+. The number of hydrogen-bond acceptors (Lipinski definition) is 4. The van der Waals surface area contributed by atoms with E-state index in [9.17, 15) is 9.90 Å². The molecule has 0 aliphatic heterocycles. The van der Waals surface area contributed by atoms with Crippen LogP contribution in [0.4, 0.5) is 0 Å². The summed E-state index contributed by atoms with van der Waals surface area (Å²) in [5, 5.41) is 12.5. The maximum Gasteiger partial charge on any atom is 0.244 e. The molecule has 0 radical (unpaired) electrons. The largest absolute Gasteiger partial charge is 0.472 e. The first-order valence-corrected chi connectivity index (χ1v) is 6.62. The number of carbonyl (C=O) groups excluding carboxylic acids is 1. The Morgan fingerprint density at radius 3 is 3.06 bits per heavy atom. The quantitative estimate of drug-likeness (QED) is 0.757. The third-order valence-corrected chi connectivity index (χ3v) is 2.98. The molecule has 1 aromatic rings. The average molecular weight is 255 g/mol. The van der Waals surface area contributed by atoms with Gasteiger partial charge in [-0.1, -0.05) is 0 Å². The van der Waals surface area contributed by atoms with Crippen molar-refractivity contribution in [3.05, 3.63) is 30.2 Å². The number of hydrogen-bond donors (Lipinski definition) is 2. The van der Waals surface area contributed by atoms with Gasteiger partial charge in [0.1, 0.15) is 0 Å². The summed E-state index contributed by atoms with van der Waals surface area (Å²) in [7, 11) is 0. The Kier molecular flexibility index (Phi) is 5.31. The normalized spacial score (nSPS) is 14.8. The van der Waals surface area contributed by atoms with Crippen LogP contribution in [0.2, 0.25) is 0 Å². The molecule has 1 rings (SSSR count). The predicted molar refractivity (Wildman–Crippen MR) is 69.8 cm³/mol. The highest BCUT2D eigenvalue weighted by molar-refractivity contribution is 7.98. The molecule has 1 heterocycles. The highest BCUT2D eigenvalue weighted by Gasteiger charge is 2.19. The van der Waals surface area contributed by atoms with E-state index in [1.165, 1.54) is 17.8 Å². The van der Waals surface area contributed by atoms with Gasteiger partial charge in [-0.2, -0.15) is 11.8 Å². The molecule has 0 aliphatic rings. The fourth-order valence-corrected chi connectivity index (χ4v) is 1.96. The van der Waals surface area contributed by atoms with Crippen LogP contribution in [0.5, 0.6) is 0 Å². The molecule has 1 atom stereocenters. The van der Waals surface area contributed by atoms with E-state index in [0.717, 1.165) is 5.56 Å². The monoisotopic (exact) mass is 255 g/mol. The van der Waals surface area contributed by atoms with E-state index in [1.54, 1.807) is 31.6 Å². The maximum absolute atomic E-state index is 11.4. The van der Waals surface area contributed by atoms with E-state index in [0.29, 0.717) is 5.75 Å². The molecule has 4 nitrogen and oxygen atoms in total.